The Labute approximate surface area is 154 Å². The van der Waals surface area contributed by atoms with Crippen LogP contribution in [0.25, 0.3) is 0 Å². The van der Waals surface area contributed by atoms with E-state index >= 15 is 0 Å². The lowest BCUT2D eigenvalue weighted by atomic mass is 10.0. The zero-order chi connectivity index (χ0) is 17.9. The van der Waals surface area contributed by atoms with Gasteiger partial charge in [-0.25, -0.2) is 0 Å². The number of nitrogens with one attached hydrogen (secondary N) is 1. The zero-order valence-corrected chi connectivity index (χ0v) is 14.9. The molecule has 2 aromatic carbocycles. The van der Waals surface area contributed by atoms with Gasteiger partial charge in [-0.2, -0.15) is 0 Å². The molecule has 2 aromatic rings. The van der Waals surface area contributed by atoms with Crippen LogP contribution in [0.3, 0.4) is 0 Å². The molecule has 1 saturated heterocycles. The number of hydrogen-bond acceptors (Lipinski definition) is 3. The minimum absolute atomic E-state index is 0.0487. The third-order valence-corrected chi connectivity index (χ3v) is 5.58. The molecule has 4 nitrogen and oxygen atoms in total. The summed E-state index contributed by atoms with van der Waals surface area (Å²) in [5.74, 6) is -0.936. The highest BCUT2D eigenvalue weighted by Gasteiger charge is 2.31. The number of carbonyl (C=O) groups is 2. The summed E-state index contributed by atoms with van der Waals surface area (Å²) in [7, 11) is 0. The first-order valence-corrected chi connectivity index (χ1v) is 9.42. The highest BCUT2D eigenvalue weighted by molar-refractivity contribution is 6.42. The van der Waals surface area contributed by atoms with Crippen molar-refractivity contribution in [3.8, 4) is 0 Å². The molecule has 0 spiro atoms. The SMILES string of the molecule is O=C(NC1CCCN(C2Cc3ccccc3C2)C1)C(=O)c1ccccc1. The molecule has 1 N–H and O–H groups in total. The maximum Gasteiger partial charge on any atom is 0.292 e. The maximum atomic E-state index is 12.3. The van der Waals surface area contributed by atoms with E-state index in [1.165, 1.54) is 11.1 Å². The third kappa shape index (κ3) is 3.56. The van der Waals surface area contributed by atoms with Crippen LogP contribution in [-0.2, 0) is 17.6 Å². The lowest BCUT2D eigenvalue weighted by Gasteiger charge is -2.37. The van der Waals surface area contributed by atoms with Crippen molar-refractivity contribution < 1.29 is 9.59 Å². The number of carbonyl (C=O) groups excluding carboxylic acids is 2. The molecular weight excluding hydrogens is 324 g/mol. The van der Waals surface area contributed by atoms with Gasteiger partial charge >= 0.3 is 0 Å². The number of fused-ring (bicyclic) bond motifs is 1. The van der Waals surface area contributed by atoms with Crippen molar-refractivity contribution >= 4 is 11.7 Å². The predicted molar refractivity (Wildman–Crippen MR) is 101 cm³/mol. The molecule has 4 rings (SSSR count). The lowest BCUT2D eigenvalue weighted by Crippen LogP contribution is -2.52. The molecule has 1 atom stereocenters. The Morgan fingerprint density at radius 1 is 0.923 bits per heavy atom. The molecule has 2 aliphatic rings. The molecule has 1 fully saturated rings. The van der Waals surface area contributed by atoms with Crippen molar-refractivity contribution in [2.24, 2.45) is 0 Å². The molecule has 26 heavy (non-hydrogen) atoms. The Morgan fingerprint density at radius 3 is 2.27 bits per heavy atom. The Bertz CT molecular complexity index is 778. The molecule has 1 amide bonds. The Morgan fingerprint density at radius 2 is 1.58 bits per heavy atom. The summed E-state index contributed by atoms with van der Waals surface area (Å²) in [6, 6.07) is 18.0. The number of nitrogens with zero attached hydrogens (tertiary/aromatic N) is 1. The van der Waals surface area contributed by atoms with E-state index in [0.717, 1.165) is 38.8 Å². The second-order valence-electron chi connectivity index (χ2n) is 7.33. The smallest absolute Gasteiger partial charge is 0.292 e. The van der Waals surface area contributed by atoms with Gasteiger partial charge in [0.2, 0.25) is 5.78 Å². The van der Waals surface area contributed by atoms with Crippen molar-refractivity contribution in [2.75, 3.05) is 13.1 Å². The Kier molecular flexibility index (Phi) is 4.85. The molecular formula is C22H24N2O2. The van der Waals surface area contributed by atoms with Gasteiger partial charge in [-0.1, -0.05) is 54.6 Å². The second-order valence-corrected chi connectivity index (χ2v) is 7.33. The topological polar surface area (TPSA) is 49.4 Å². The minimum atomic E-state index is -0.488. The van der Waals surface area contributed by atoms with E-state index < -0.39 is 11.7 Å². The van der Waals surface area contributed by atoms with Crippen LogP contribution in [-0.4, -0.2) is 41.8 Å². The van der Waals surface area contributed by atoms with Gasteiger partial charge in [0.05, 0.1) is 0 Å². The number of Topliss-reactive ketones (excluding diaryl/α,β-unsaturated/α-hetero) is 1. The van der Waals surface area contributed by atoms with Crippen LogP contribution in [0.2, 0.25) is 0 Å². The van der Waals surface area contributed by atoms with Crippen molar-refractivity contribution in [2.45, 2.75) is 37.8 Å². The van der Waals surface area contributed by atoms with Gasteiger partial charge in [0.1, 0.15) is 0 Å². The molecule has 1 aliphatic heterocycles. The van der Waals surface area contributed by atoms with Gasteiger partial charge < -0.3 is 5.32 Å². The van der Waals surface area contributed by atoms with Gasteiger partial charge in [0, 0.05) is 24.2 Å². The first kappa shape index (κ1) is 17.0. The van der Waals surface area contributed by atoms with Crippen molar-refractivity contribution in [1.82, 2.24) is 10.2 Å². The van der Waals surface area contributed by atoms with Crippen molar-refractivity contribution in [3.63, 3.8) is 0 Å². The average molecular weight is 348 g/mol. The van der Waals surface area contributed by atoms with Crippen LogP contribution in [0.1, 0.15) is 34.3 Å². The molecule has 4 heteroatoms. The van der Waals surface area contributed by atoms with Crippen LogP contribution in [0.15, 0.2) is 54.6 Å². The predicted octanol–water partition coefficient (Wildman–Crippen LogP) is 2.62. The Balaban J connectivity index is 1.36. The lowest BCUT2D eigenvalue weighted by molar-refractivity contribution is -0.118. The van der Waals surface area contributed by atoms with Crippen molar-refractivity contribution in [1.29, 1.82) is 0 Å². The van der Waals surface area contributed by atoms with Crippen LogP contribution < -0.4 is 5.32 Å². The normalized spacial score (nSPS) is 20.5. The monoisotopic (exact) mass is 348 g/mol. The van der Waals surface area contributed by atoms with E-state index in [0.29, 0.717) is 11.6 Å². The second kappa shape index (κ2) is 7.42. The number of likely N-dealkylation sites (tertiary alicyclic amines) is 1. The first-order chi connectivity index (χ1) is 12.7. The molecule has 1 heterocycles. The van der Waals surface area contributed by atoms with Gasteiger partial charge in [-0.3, -0.25) is 14.5 Å². The molecule has 0 aromatic heterocycles. The third-order valence-electron chi connectivity index (χ3n) is 5.58. The Hall–Kier alpha value is -2.46. The van der Waals surface area contributed by atoms with Gasteiger partial charge in [0.15, 0.2) is 0 Å². The van der Waals surface area contributed by atoms with Crippen molar-refractivity contribution in [3.05, 3.63) is 71.3 Å². The number of rotatable bonds is 4. The summed E-state index contributed by atoms with van der Waals surface area (Å²) < 4.78 is 0. The average Bonchev–Trinajstić information content (AvgIpc) is 3.12. The van der Waals surface area contributed by atoms with Gasteiger partial charge in [-0.15, -0.1) is 0 Å². The standard InChI is InChI=1S/C22H24N2O2/c25-21(16-7-2-1-3-8-16)22(26)23-19-11-6-12-24(15-19)20-13-17-9-4-5-10-18(17)14-20/h1-5,7-10,19-20H,6,11-15H2,(H,23,26). The van der Waals surface area contributed by atoms with Crippen LogP contribution in [0, 0.1) is 0 Å². The molecule has 0 saturated carbocycles. The molecule has 1 aliphatic carbocycles. The summed E-state index contributed by atoms with van der Waals surface area (Å²) >= 11 is 0. The van der Waals surface area contributed by atoms with Gasteiger partial charge in [-0.05, 0) is 43.4 Å². The summed E-state index contributed by atoms with van der Waals surface area (Å²) in [5, 5.41) is 2.96. The zero-order valence-electron chi connectivity index (χ0n) is 14.9. The largest absolute Gasteiger partial charge is 0.345 e. The first-order valence-electron chi connectivity index (χ1n) is 9.42. The fourth-order valence-electron chi connectivity index (χ4n) is 4.22. The molecule has 1 unspecified atom stereocenters. The molecule has 134 valence electrons. The van der Waals surface area contributed by atoms with E-state index in [9.17, 15) is 9.59 Å². The van der Waals surface area contributed by atoms with Crippen LogP contribution in [0.4, 0.5) is 0 Å². The van der Waals surface area contributed by atoms with Crippen LogP contribution in [0.5, 0.6) is 0 Å². The minimum Gasteiger partial charge on any atom is -0.345 e. The number of ketones is 1. The maximum absolute atomic E-state index is 12.3. The highest BCUT2D eigenvalue weighted by atomic mass is 16.2. The summed E-state index contributed by atoms with van der Waals surface area (Å²) in [5.41, 5.74) is 3.34. The highest BCUT2D eigenvalue weighted by Crippen LogP contribution is 2.27. The number of hydrogen-bond donors (Lipinski definition) is 1. The van der Waals surface area contributed by atoms with E-state index in [2.05, 4.69) is 34.5 Å². The fraction of sp³-hybridized carbons (Fsp3) is 0.364. The number of benzene rings is 2. The van der Waals surface area contributed by atoms with Gasteiger partial charge in [0.25, 0.3) is 5.91 Å². The summed E-state index contributed by atoms with van der Waals surface area (Å²) in [4.78, 5) is 27.1. The number of piperidine rings is 1. The number of amides is 1. The van der Waals surface area contributed by atoms with E-state index in [1.807, 2.05) is 6.07 Å². The fourth-order valence-corrected chi connectivity index (χ4v) is 4.22. The summed E-state index contributed by atoms with van der Waals surface area (Å²) in [6.07, 6.45) is 4.15. The quantitative estimate of drug-likeness (QED) is 0.683. The molecule has 0 bridgehead atoms. The van der Waals surface area contributed by atoms with Crippen LogP contribution >= 0.6 is 0 Å². The van der Waals surface area contributed by atoms with E-state index in [4.69, 9.17) is 0 Å². The van der Waals surface area contributed by atoms with E-state index in [1.54, 1.807) is 24.3 Å². The van der Waals surface area contributed by atoms with E-state index in [-0.39, 0.29) is 6.04 Å². The molecule has 0 radical (unpaired) electrons. The summed E-state index contributed by atoms with van der Waals surface area (Å²) in [6.45, 7) is 1.89.